The first-order chi connectivity index (χ1) is 8.66. The van der Waals surface area contributed by atoms with Crippen LogP contribution < -0.4 is 5.73 Å². The number of aromatic nitrogens is 2. The molecule has 1 heterocycles. The van der Waals surface area contributed by atoms with E-state index >= 15 is 0 Å². The first-order valence-electron chi connectivity index (χ1n) is 6.95. The van der Waals surface area contributed by atoms with Crippen molar-refractivity contribution in [1.29, 1.82) is 0 Å². The van der Waals surface area contributed by atoms with Gasteiger partial charge in [-0.15, -0.1) is 0 Å². The highest BCUT2D eigenvalue weighted by Gasteiger charge is 2.37. The number of hydrogen-bond donors (Lipinski definition) is 1. The van der Waals surface area contributed by atoms with Gasteiger partial charge in [0.1, 0.15) is 0 Å². The lowest BCUT2D eigenvalue weighted by Gasteiger charge is -2.37. The van der Waals surface area contributed by atoms with Gasteiger partial charge < -0.3 is 10.5 Å². The summed E-state index contributed by atoms with van der Waals surface area (Å²) in [4.78, 5) is 0. The van der Waals surface area contributed by atoms with Gasteiger partial charge in [0, 0.05) is 32.8 Å². The molecule has 0 aliphatic heterocycles. The van der Waals surface area contributed by atoms with Crippen molar-refractivity contribution < 1.29 is 4.74 Å². The standard InChI is InChI=1S/C14H25N3O/c1-17-10-7-12(16-17)11-13(15)14(18-2)8-5-3-4-6-9-14/h7,10,13H,3-6,8-9,11,15H2,1-2H3. The summed E-state index contributed by atoms with van der Waals surface area (Å²) in [5.41, 5.74) is 7.35. The topological polar surface area (TPSA) is 53.1 Å². The fourth-order valence-corrected chi connectivity index (χ4v) is 3.04. The second-order valence-electron chi connectivity index (χ2n) is 5.47. The molecular formula is C14H25N3O. The van der Waals surface area contributed by atoms with E-state index in [1.165, 1.54) is 25.7 Å². The maximum atomic E-state index is 6.43. The van der Waals surface area contributed by atoms with Crippen LogP contribution >= 0.6 is 0 Å². The van der Waals surface area contributed by atoms with E-state index in [0.29, 0.717) is 0 Å². The van der Waals surface area contributed by atoms with Crippen LogP contribution in [0.5, 0.6) is 0 Å². The lowest BCUT2D eigenvalue weighted by Crippen LogP contribution is -2.50. The Kier molecular flexibility index (Phi) is 4.40. The molecule has 1 unspecified atom stereocenters. The van der Waals surface area contributed by atoms with Crippen LogP contribution in [0, 0.1) is 0 Å². The van der Waals surface area contributed by atoms with Gasteiger partial charge in [0.2, 0.25) is 0 Å². The molecule has 1 fully saturated rings. The third-order valence-corrected chi connectivity index (χ3v) is 4.23. The number of ether oxygens (including phenoxy) is 1. The van der Waals surface area contributed by atoms with Crippen molar-refractivity contribution in [3.8, 4) is 0 Å². The Morgan fingerprint density at radius 1 is 1.39 bits per heavy atom. The van der Waals surface area contributed by atoms with Crippen LogP contribution in [-0.2, 0) is 18.2 Å². The van der Waals surface area contributed by atoms with Gasteiger partial charge >= 0.3 is 0 Å². The summed E-state index contributed by atoms with van der Waals surface area (Å²) >= 11 is 0. The molecule has 2 rings (SSSR count). The van der Waals surface area contributed by atoms with E-state index in [1.54, 1.807) is 0 Å². The molecule has 0 radical (unpaired) electrons. The fraction of sp³-hybridized carbons (Fsp3) is 0.786. The minimum Gasteiger partial charge on any atom is -0.377 e. The summed E-state index contributed by atoms with van der Waals surface area (Å²) in [6, 6.07) is 2.08. The van der Waals surface area contributed by atoms with Crippen molar-refractivity contribution in [2.24, 2.45) is 12.8 Å². The van der Waals surface area contributed by atoms with Crippen molar-refractivity contribution in [3.05, 3.63) is 18.0 Å². The molecule has 1 atom stereocenters. The normalized spacial score (nSPS) is 21.5. The quantitative estimate of drug-likeness (QED) is 0.833. The summed E-state index contributed by atoms with van der Waals surface area (Å²) in [5.74, 6) is 0. The van der Waals surface area contributed by atoms with E-state index in [9.17, 15) is 0 Å². The maximum absolute atomic E-state index is 6.43. The van der Waals surface area contributed by atoms with Gasteiger partial charge in [-0.1, -0.05) is 25.7 Å². The third-order valence-electron chi connectivity index (χ3n) is 4.23. The maximum Gasteiger partial charge on any atom is 0.0832 e. The van der Waals surface area contributed by atoms with E-state index in [0.717, 1.165) is 25.0 Å². The van der Waals surface area contributed by atoms with Gasteiger partial charge in [-0.2, -0.15) is 5.10 Å². The zero-order valence-corrected chi connectivity index (χ0v) is 11.6. The predicted octanol–water partition coefficient (Wildman–Crippen LogP) is 2.03. The molecule has 0 saturated heterocycles. The first kappa shape index (κ1) is 13.6. The molecule has 18 heavy (non-hydrogen) atoms. The number of rotatable bonds is 4. The summed E-state index contributed by atoms with van der Waals surface area (Å²) < 4.78 is 7.67. The van der Waals surface area contributed by atoms with Gasteiger partial charge in [0.15, 0.2) is 0 Å². The minimum absolute atomic E-state index is 0.0375. The minimum atomic E-state index is -0.145. The summed E-state index contributed by atoms with van der Waals surface area (Å²) in [7, 11) is 3.75. The number of aryl methyl sites for hydroxylation is 1. The summed E-state index contributed by atoms with van der Waals surface area (Å²) in [6.45, 7) is 0. The molecular weight excluding hydrogens is 226 g/mol. The average Bonchev–Trinajstić information content (AvgIpc) is 2.65. The van der Waals surface area contributed by atoms with Gasteiger partial charge in [0.25, 0.3) is 0 Å². The predicted molar refractivity (Wildman–Crippen MR) is 72.3 cm³/mol. The third kappa shape index (κ3) is 2.93. The molecule has 0 aromatic carbocycles. The highest BCUT2D eigenvalue weighted by atomic mass is 16.5. The van der Waals surface area contributed by atoms with Crippen LogP contribution in [-0.4, -0.2) is 28.5 Å². The number of nitrogens with two attached hydrogens (primary N) is 1. The Balaban J connectivity index is 2.06. The van der Waals surface area contributed by atoms with Crippen LogP contribution in [0.3, 0.4) is 0 Å². The summed E-state index contributed by atoms with van der Waals surface area (Å²) in [5, 5.41) is 4.42. The molecule has 1 aromatic rings. The molecule has 1 aromatic heterocycles. The molecule has 0 bridgehead atoms. The van der Waals surface area contributed by atoms with E-state index in [2.05, 4.69) is 5.10 Å². The first-order valence-corrected chi connectivity index (χ1v) is 6.95. The van der Waals surface area contributed by atoms with Crippen molar-refractivity contribution in [1.82, 2.24) is 9.78 Å². The smallest absolute Gasteiger partial charge is 0.0832 e. The van der Waals surface area contributed by atoms with Crippen LogP contribution in [0.25, 0.3) is 0 Å². The molecule has 0 spiro atoms. The van der Waals surface area contributed by atoms with Gasteiger partial charge in [-0.3, -0.25) is 4.68 Å². The monoisotopic (exact) mass is 251 g/mol. The van der Waals surface area contributed by atoms with Crippen molar-refractivity contribution in [2.75, 3.05) is 7.11 Å². The largest absolute Gasteiger partial charge is 0.377 e. The van der Waals surface area contributed by atoms with Crippen LogP contribution in [0.1, 0.15) is 44.2 Å². The lowest BCUT2D eigenvalue weighted by molar-refractivity contribution is -0.0432. The Bertz CT molecular complexity index is 367. The lowest BCUT2D eigenvalue weighted by atomic mass is 9.84. The van der Waals surface area contributed by atoms with E-state index in [1.807, 2.05) is 31.1 Å². The summed E-state index contributed by atoms with van der Waals surface area (Å²) in [6.07, 6.45) is 9.99. The number of nitrogens with zero attached hydrogens (tertiary/aromatic N) is 2. The fourth-order valence-electron chi connectivity index (χ4n) is 3.04. The number of hydrogen-bond acceptors (Lipinski definition) is 3. The SMILES string of the molecule is COC1(C(N)Cc2ccn(C)n2)CCCCCC1. The molecule has 2 N–H and O–H groups in total. The van der Waals surface area contributed by atoms with Gasteiger partial charge in [-0.25, -0.2) is 0 Å². The van der Waals surface area contributed by atoms with Crippen LogP contribution in [0.2, 0.25) is 0 Å². The van der Waals surface area contributed by atoms with Crippen LogP contribution in [0.15, 0.2) is 12.3 Å². The highest BCUT2D eigenvalue weighted by molar-refractivity contribution is 5.05. The second-order valence-corrected chi connectivity index (χ2v) is 5.47. The van der Waals surface area contributed by atoms with Crippen molar-refractivity contribution in [2.45, 2.75) is 56.6 Å². The van der Waals surface area contributed by atoms with Gasteiger partial charge in [-0.05, 0) is 18.9 Å². The Morgan fingerprint density at radius 2 is 2.06 bits per heavy atom. The Labute approximate surface area is 110 Å². The molecule has 1 aliphatic carbocycles. The molecule has 102 valence electrons. The van der Waals surface area contributed by atoms with Crippen molar-refractivity contribution >= 4 is 0 Å². The molecule has 1 aliphatic rings. The van der Waals surface area contributed by atoms with E-state index in [4.69, 9.17) is 10.5 Å². The van der Waals surface area contributed by atoms with Crippen molar-refractivity contribution in [3.63, 3.8) is 0 Å². The highest BCUT2D eigenvalue weighted by Crippen LogP contribution is 2.33. The molecule has 4 heteroatoms. The molecule has 4 nitrogen and oxygen atoms in total. The Morgan fingerprint density at radius 3 is 2.56 bits per heavy atom. The van der Waals surface area contributed by atoms with E-state index < -0.39 is 0 Å². The zero-order chi connectivity index (χ0) is 13.0. The van der Waals surface area contributed by atoms with Gasteiger partial charge in [0.05, 0.1) is 11.3 Å². The van der Waals surface area contributed by atoms with E-state index in [-0.39, 0.29) is 11.6 Å². The zero-order valence-electron chi connectivity index (χ0n) is 11.6. The Hall–Kier alpha value is -0.870. The average molecular weight is 251 g/mol. The number of methoxy groups -OCH3 is 1. The molecule has 0 amide bonds. The second kappa shape index (κ2) is 5.85. The van der Waals surface area contributed by atoms with Crippen LogP contribution in [0.4, 0.5) is 0 Å². The molecule has 1 saturated carbocycles.